The Hall–Kier alpha value is -0.610. The Morgan fingerprint density at radius 1 is 1.33 bits per heavy atom. The summed E-state index contributed by atoms with van der Waals surface area (Å²) in [5, 5.41) is 8.98. The minimum atomic E-state index is -0.710. The highest BCUT2D eigenvalue weighted by Gasteiger charge is 2.32. The second-order valence-corrected chi connectivity index (χ2v) is 5.65. The van der Waals surface area contributed by atoms with Gasteiger partial charge < -0.3 is 9.84 Å². The first-order chi connectivity index (χ1) is 8.70. The SMILES string of the molecule is CCC1CCC(N2CCOCC2CC(=O)O)CC1. The highest BCUT2D eigenvalue weighted by molar-refractivity contribution is 5.67. The molecule has 1 saturated heterocycles. The molecule has 2 rings (SSSR count). The molecule has 0 spiro atoms. The molecule has 2 fully saturated rings. The third-order valence-electron chi connectivity index (χ3n) is 4.55. The molecule has 4 heteroatoms. The number of nitrogens with zero attached hydrogens (tertiary/aromatic N) is 1. The summed E-state index contributed by atoms with van der Waals surface area (Å²) in [6.07, 6.45) is 6.57. The summed E-state index contributed by atoms with van der Waals surface area (Å²) >= 11 is 0. The standard InChI is InChI=1S/C14H25NO3/c1-2-11-3-5-12(6-4-11)15-7-8-18-10-13(15)9-14(16)17/h11-13H,2-10H2,1H3,(H,16,17). The van der Waals surface area contributed by atoms with E-state index in [1.165, 1.54) is 32.1 Å². The van der Waals surface area contributed by atoms with Gasteiger partial charge in [0.05, 0.1) is 19.6 Å². The quantitative estimate of drug-likeness (QED) is 0.836. The van der Waals surface area contributed by atoms with Gasteiger partial charge in [-0.3, -0.25) is 9.69 Å². The van der Waals surface area contributed by atoms with E-state index in [1.54, 1.807) is 0 Å². The first-order valence-corrected chi connectivity index (χ1v) is 7.26. The molecule has 1 N–H and O–H groups in total. The maximum atomic E-state index is 10.9. The molecule has 1 aliphatic heterocycles. The predicted molar refractivity (Wildman–Crippen MR) is 69.6 cm³/mol. The molecule has 1 unspecified atom stereocenters. The van der Waals surface area contributed by atoms with Crippen molar-refractivity contribution in [1.29, 1.82) is 0 Å². The summed E-state index contributed by atoms with van der Waals surface area (Å²) in [4.78, 5) is 13.3. The molecule has 0 bridgehead atoms. The Morgan fingerprint density at radius 3 is 2.67 bits per heavy atom. The third-order valence-corrected chi connectivity index (χ3v) is 4.55. The molecule has 0 radical (unpaired) electrons. The van der Waals surface area contributed by atoms with Crippen molar-refractivity contribution in [3.63, 3.8) is 0 Å². The largest absolute Gasteiger partial charge is 0.481 e. The lowest BCUT2D eigenvalue weighted by Gasteiger charge is -2.43. The van der Waals surface area contributed by atoms with Crippen LogP contribution < -0.4 is 0 Å². The number of carboxylic acid groups (broad SMARTS) is 1. The van der Waals surface area contributed by atoms with Crippen molar-refractivity contribution in [3.8, 4) is 0 Å². The summed E-state index contributed by atoms with van der Waals surface area (Å²) < 4.78 is 5.44. The molecule has 4 nitrogen and oxygen atoms in total. The Kier molecular flexibility index (Phi) is 5.01. The van der Waals surface area contributed by atoms with E-state index in [2.05, 4.69) is 11.8 Å². The first-order valence-electron chi connectivity index (χ1n) is 7.26. The maximum absolute atomic E-state index is 10.9. The third kappa shape index (κ3) is 3.45. The van der Waals surface area contributed by atoms with Gasteiger partial charge in [0.25, 0.3) is 0 Å². The van der Waals surface area contributed by atoms with E-state index >= 15 is 0 Å². The Balaban J connectivity index is 1.90. The lowest BCUT2D eigenvalue weighted by Crippen LogP contribution is -2.52. The van der Waals surface area contributed by atoms with Gasteiger partial charge in [0.2, 0.25) is 0 Å². The van der Waals surface area contributed by atoms with Crippen molar-refractivity contribution >= 4 is 5.97 Å². The van der Waals surface area contributed by atoms with Crippen molar-refractivity contribution in [3.05, 3.63) is 0 Å². The zero-order chi connectivity index (χ0) is 13.0. The van der Waals surface area contributed by atoms with E-state index in [-0.39, 0.29) is 12.5 Å². The van der Waals surface area contributed by atoms with Crippen molar-refractivity contribution in [1.82, 2.24) is 4.90 Å². The molecule has 1 heterocycles. The number of aliphatic carboxylic acids is 1. The summed E-state index contributed by atoms with van der Waals surface area (Å²) in [6, 6.07) is 0.667. The molecule has 0 aromatic heterocycles. The summed E-state index contributed by atoms with van der Waals surface area (Å²) in [5.74, 6) is 0.179. The smallest absolute Gasteiger partial charge is 0.305 e. The Labute approximate surface area is 109 Å². The monoisotopic (exact) mass is 255 g/mol. The van der Waals surface area contributed by atoms with Gasteiger partial charge in [-0.25, -0.2) is 0 Å². The summed E-state index contributed by atoms with van der Waals surface area (Å²) in [7, 11) is 0. The van der Waals surface area contributed by atoms with E-state index in [0.717, 1.165) is 19.1 Å². The normalized spacial score (nSPS) is 34.4. The molecule has 0 aromatic rings. The number of ether oxygens (including phenoxy) is 1. The lowest BCUT2D eigenvalue weighted by atomic mass is 9.83. The van der Waals surface area contributed by atoms with Crippen LogP contribution in [0.5, 0.6) is 0 Å². The van der Waals surface area contributed by atoms with Crippen molar-refractivity contribution in [2.24, 2.45) is 5.92 Å². The minimum Gasteiger partial charge on any atom is -0.481 e. The summed E-state index contributed by atoms with van der Waals surface area (Å²) in [5.41, 5.74) is 0. The van der Waals surface area contributed by atoms with Crippen LogP contribution in [0.15, 0.2) is 0 Å². The minimum absolute atomic E-state index is 0.0828. The van der Waals surface area contributed by atoms with Crippen LogP contribution in [0.2, 0.25) is 0 Å². The van der Waals surface area contributed by atoms with E-state index in [4.69, 9.17) is 9.84 Å². The van der Waals surface area contributed by atoms with E-state index in [9.17, 15) is 4.79 Å². The van der Waals surface area contributed by atoms with Gasteiger partial charge in [-0.15, -0.1) is 0 Å². The van der Waals surface area contributed by atoms with Crippen molar-refractivity contribution < 1.29 is 14.6 Å². The van der Waals surface area contributed by atoms with Gasteiger partial charge in [-0.2, -0.15) is 0 Å². The van der Waals surface area contributed by atoms with Gasteiger partial charge >= 0.3 is 5.97 Å². The molecule has 1 aliphatic carbocycles. The molecule has 1 atom stereocenters. The molecule has 18 heavy (non-hydrogen) atoms. The molecular weight excluding hydrogens is 230 g/mol. The molecular formula is C14H25NO3. The van der Waals surface area contributed by atoms with Crippen LogP contribution in [-0.2, 0) is 9.53 Å². The molecule has 0 amide bonds. The fourth-order valence-electron chi connectivity index (χ4n) is 3.41. The fourth-order valence-corrected chi connectivity index (χ4v) is 3.41. The van der Waals surface area contributed by atoms with Gasteiger partial charge in [-0.05, 0) is 31.6 Å². The average molecular weight is 255 g/mol. The highest BCUT2D eigenvalue weighted by Crippen LogP contribution is 2.31. The van der Waals surface area contributed by atoms with Gasteiger partial charge in [0.1, 0.15) is 0 Å². The van der Waals surface area contributed by atoms with Crippen molar-refractivity contribution in [2.75, 3.05) is 19.8 Å². The topological polar surface area (TPSA) is 49.8 Å². The molecule has 1 saturated carbocycles. The molecule has 2 aliphatic rings. The van der Waals surface area contributed by atoms with Crippen LogP contribution in [0, 0.1) is 5.92 Å². The van der Waals surface area contributed by atoms with Crippen LogP contribution in [0.3, 0.4) is 0 Å². The number of hydrogen-bond acceptors (Lipinski definition) is 3. The average Bonchev–Trinajstić information content (AvgIpc) is 2.39. The highest BCUT2D eigenvalue weighted by atomic mass is 16.5. The zero-order valence-electron chi connectivity index (χ0n) is 11.3. The Morgan fingerprint density at radius 2 is 2.06 bits per heavy atom. The summed E-state index contributed by atoms with van der Waals surface area (Å²) in [6.45, 7) is 4.51. The van der Waals surface area contributed by atoms with Gasteiger partial charge in [-0.1, -0.05) is 13.3 Å². The van der Waals surface area contributed by atoms with Crippen LogP contribution in [0.1, 0.15) is 45.4 Å². The fraction of sp³-hybridized carbons (Fsp3) is 0.929. The first kappa shape index (κ1) is 13.8. The predicted octanol–water partition coefficient (Wildman–Crippen LogP) is 2.13. The van der Waals surface area contributed by atoms with Crippen LogP contribution >= 0.6 is 0 Å². The van der Waals surface area contributed by atoms with Crippen molar-refractivity contribution in [2.45, 2.75) is 57.5 Å². The van der Waals surface area contributed by atoms with Gasteiger partial charge in [0, 0.05) is 18.6 Å². The number of hydrogen-bond donors (Lipinski definition) is 1. The number of morpholine rings is 1. The number of carbonyl (C=O) groups is 1. The van der Waals surface area contributed by atoms with E-state index in [1.807, 2.05) is 0 Å². The maximum Gasteiger partial charge on any atom is 0.305 e. The molecule has 104 valence electrons. The second kappa shape index (κ2) is 6.53. The zero-order valence-corrected chi connectivity index (χ0v) is 11.3. The van der Waals surface area contributed by atoms with Crippen LogP contribution in [0.25, 0.3) is 0 Å². The van der Waals surface area contributed by atoms with Crippen LogP contribution in [-0.4, -0.2) is 47.8 Å². The van der Waals surface area contributed by atoms with Crippen LogP contribution in [0.4, 0.5) is 0 Å². The van der Waals surface area contributed by atoms with Gasteiger partial charge in [0.15, 0.2) is 0 Å². The lowest BCUT2D eigenvalue weighted by molar-refractivity contribution is -0.141. The number of rotatable bonds is 4. The molecule has 0 aromatic carbocycles. The van der Waals surface area contributed by atoms with E-state index in [0.29, 0.717) is 12.6 Å². The number of carboxylic acids is 1. The second-order valence-electron chi connectivity index (χ2n) is 5.65. The van der Waals surface area contributed by atoms with E-state index < -0.39 is 5.97 Å². The Bertz CT molecular complexity index is 274.